The molecule has 8 heteroatoms. The standard InChI is InChI=1S/C17H22ClFN4O2/c1-10(2)13(9-21-16(24)25-17(3,4)5)23(6)15-12(19)7-11(8-20)14(18)22-15/h7,13H,1,9H2,2-6H3,(H,21,24). The van der Waals surface area contributed by atoms with Gasteiger partial charge in [-0.25, -0.2) is 14.2 Å². The quantitative estimate of drug-likeness (QED) is 0.634. The Bertz CT molecular complexity index is 710. The Labute approximate surface area is 152 Å². The first-order valence-corrected chi connectivity index (χ1v) is 7.95. The van der Waals surface area contributed by atoms with Crippen LogP contribution in [0.25, 0.3) is 0 Å². The highest BCUT2D eigenvalue weighted by molar-refractivity contribution is 6.30. The zero-order valence-electron chi connectivity index (χ0n) is 15.0. The van der Waals surface area contributed by atoms with Crippen LogP contribution in [0.2, 0.25) is 5.15 Å². The van der Waals surface area contributed by atoms with Crippen molar-refractivity contribution in [3.05, 3.63) is 34.8 Å². The lowest BCUT2D eigenvalue weighted by Crippen LogP contribution is -2.44. The van der Waals surface area contributed by atoms with Gasteiger partial charge in [-0.1, -0.05) is 23.8 Å². The summed E-state index contributed by atoms with van der Waals surface area (Å²) < 4.78 is 19.4. The number of amides is 1. The third-order valence-corrected chi connectivity index (χ3v) is 3.53. The number of aromatic nitrogens is 1. The number of anilines is 1. The molecule has 1 rings (SSSR count). The van der Waals surface area contributed by atoms with E-state index in [0.717, 1.165) is 6.07 Å². The molecule has 25 heavy (non-hydrogen) atoms. The summed E-state index contributed by atoms with van der Waals surface area (Å²) in [5.41, 5.74) is 0.0125. The lowest BCUT2D eigenvalue weighted by Gasteiger charge is -2.30. The molecule has 1 amide bonds. The van der Waals surface area contributed by atoms with E-state index < -0.39 is 23.6 Å². The molecule has 1 N–H and O–H groups in total. The predicted molar refractivity (Wildman–Crippen MR) is 95.2 cm³/mol. The van der Waals surface area contributed by atoms with Crippen LogP contribution in [0.15, 0.2) is 18.2 Å². The summed E-state index contributed by atoms with van der Waals surface area (Å²) in [6.45, 7) is 11.0. The smallest absolute Gasteiger partial charge is 0.407 e. The number of likely N-dealkylation sites (N-methyl/N-ethyl adjacent to an activating group) is 1. The number of halogens is 2. The minimum absolute atomic E-state index is 0.0389. The second-order valence-electron chi connectivity index (χ2n) is 6.60. The van der Waals surface area contributed by atoms with E-state index in [9.17, 15) is 9.18 Å². The van der Waals surface area contributed by atoms with Crippen LogP contribution in [-0.4, -0.2) is 36.3 Å². The summed E-state index contributed by atoms with van der Waals surface area (Å²) in [4.78, 5) is 17.3. The molecular formula is C17H22ClFN4O2. The molecule has 1 heterocycles. The maximum atomic E-state index is 14.3. The average Bonchev–Trinajstić information content (AvgIpc) is 2.46. The van der Waals surface area contributed by atoms with Gasteiger partial charge in [-0.15, -0.1) is 0 Å². The monoisotopic (exact) mass is 368 g/mol. The van der Waals surface area contributed by atoms with Gasteiger partial charge in [-0.05, 0) is 33.8 Å². The second-order valence-corrected chi connectivity index (χ2v) is 6.96. The van der Waals surface area contributed by atoms with Gasteiger partial charge in [0.05, 0.1) is 11.6 Å². The fourth-order valence-corrected chi connectivity index (χ4v) is 2.24. The van der Waals surface area contributed by atoms with Crippen LogP contribution in [0.5, 0.6) is 0 Å². The van der Waals surface area contributed by atoms with Crippen LogP contribution >= 0.6 is 11.6 Å². The van der Waals surface area contributed by atoms with Gasteiger partial charge in [-0.3, -0.25) is 0 Å². The number of ether oxygens (including phenoxy) is 1. The molecule has 1 aromatic rings. The SMILES string of the molecule is C=C(C)C(CNC(=O)OC(C)(C)C)N(C)c1nc(Cl)c(C#N)cc1F. The number of pyridine rings is 1. The van der Waals surface area contributed by atoms with Crippen LogP contribution in [0.3, 0.4) is 0 Å². The first-order valence-electron chi connectivity index (χ1n) is 7.57. The van der Waals surface area contributed by atoms with Crippen LogP contribution in [0.4, 0.5) is 15.0 Å². The predicted octanol–water partition coefficient (Wildman–Crippen LogP) is 3.65. The van der Waals surface area contributed by atoms with Gasteiger partial charge in [0.2, 0.25) is 0 Å². The highest BCUT2D eigenvalue weighted by Gasteiger charge is 2.23. The van der Waals surface area contributed by atoms with Gasteiger partial charge < -0.3 is 15.0 Å². The normalized spacial score (nSPS) is 12.1. The summed E-state index contributed by atoms with van der Waals surface area (Å²) >= 11 is 5.89. The molecule has 0 spiro atoms. The van der Waals surface area contributed by atoms with E-state index in [1.807, 2.05) is 0 Å². The van der Waals surface area contributed by atoms with E-state index in [1.165, 1.54) is 4.90 Å². The molecule has 136 valence electrons. The molecule has 1 aromatic heterocycles. The molecule has 0 bridgehead atoms. The van der Waals surface area contributed by atoms with E-state index >= 15 is 0 Å². The van der Waals surface area contributed by atoms with Crippen LogP contribution < -0.4 is 10.2 Å². The summed E-state index contributed by atoms with van der Waals surface area (Å²) in [5.74, 6) is -0.727. The van der Waals surface area contributed by atoms with Crippen molar-refractivity contribution in [1.29, 1.82) is 5.26 Å². The molecule has 0 radical (unpaired) electrons. The fraction of sp³-hybridized carbons (Fsp3) is 0.471. The Hall–Kier alpha value is -2.33. The first kappa shape index (κ1) is 20.7. The van der Waals surface area contributed by atoms with Gasteiger partial charge in [0, 0.05) is 13.6 Å². The Balaban J connectivity index is 2.97. The summed E-state index contributed by atoms with van der Waals surface area (Å²) in [6.07, 6.45) is -0.585. The topological polar surface area (TPSA) is 78.2 Å². The number of alkyl carbamates (subject to hydrolysis) is 1. The van der Waals surface area contributed by atoms with Crippen molar-refractivity contribution in [3.8, 4) is 6.07 Å². The second kappa shape index (κ2) is 8.17. The fourth-order valence-electron chi connectivity index (χ4n) is 2.07. The Kier molecular flexibility index (Phi) is 6.77. The number of hydrogen-bond acceptors (Lipinski definition) is 5. The third-order valence-electron chi connectivity index (χ3n) is 3.24. The number of hydrogen-bond donors (Lipinski definition) is 1. The van der Waals surface area contributed by atoms with Crippen molar-refractivity contribution in [3.63, 3.8) is 0 Å². The highest BCUT2D eigenvalue weighted by atomic mass is 35.5. The van der Waals surface area contributed by atoms with E-state index in [4.69, 9.17) is 21.6 Å². The van der Waals surface area contributed by atoms with Crippen molar-refractivity contribution >= 4 is 23.5 Å². The van der Waals surface area contributed by atoms with Crippen LogP contribution in [0.1, 0.15) is 33.3 Å². The van der Waals surface area contributed by atoms with Crippen molar-refractivity contribution in [2.75, 3.05) is 18.5 Å². The molecule has 0 saturated carbocycles. The van der Waals surface area contributed by atoms with Crippen molar-refractivity contribution < 1.29 is 13.9 Å². The lowest BCUT2D eigenvalue weighted by atomic mass is 10.1. The van der Waals surface area contributed by atoms with Gasteiger partial charge in [0.1, 0.15) is 16.8 Å². The van der Waals surface area contributed by atoms with Crippen molar-refractivity contribution in [2.45, 2.75) is 39.3 Å². The lowest BCUT2D eigenvalue weighted by molar-refractivity contribution is 0.0526. The number of nitrogens with one attached hydrogen (secondary N) is 1. The molecule has 1 unspecified atom stereocenters. The van der Waals surface area contributed by atoms with Gasteiger partial charge in [-0.2, -0.15) is 5.26 Å². The van der Waals surface area contributed by atoms with Crippen LogP contribution in [-0.2, 0) is 4.74 Å². The third kappa shape index (κ3) is 5.91. The molecule has 6 nitrogen and oxygen atoms in total. The Morgan fingerprint density at radius 3 is 2.68 bits per heavy atom. The summed E-state index contributed by atoms with van der Waals surface area (Å²) in [7, 11) is 1.60. The maximum absolute atomic E-state index is 14.3. The van der Waals surface area contributed by atoms with E-state index in [2.05, 4.69) is 16.9 Å². The summed E-state index contributed by atoms with van der Waals surface area (Å²) in [5, 5.41) is 11.4. The van der Waals surface area contributed by atoms with E-state index in [1.54, 1.807) is 40.8 Å². The first-order chi connectivity index (χ1) is 11.5. The molecule has 0 aliphatic carbocycles. The van der Waals surface area contributed by atoms with Crippen molar-refractivity contribution in [1.82, 2.24) is 10.3 Å². The molecule has 0 aliphatic heterocycles. The molecular weight excluding hydrogens is 347 g/mol. The number of rotatable bonds is 5. The summed E-state index contributed by atoms with van der Waals surface area (Å²) in [6, 6.07) is 2.35. The molecule has 0 saturated heterocycles. The zero-order valence-corrected chi connectivity index (χ0v) is 15.7. The number of carbonyl (C=O) groups excluding carboxylic acids is 1. The van der Waals surface area contributed by atoms with E-state index in [0.29, 0.717) is 5.57 Å². The van der Waals surface area contributed by atoms with Gasteiger partial charge >= 0.3 is 6.09 Å². The number of carbonyl (C=O) groups is 1. The van der Waals surface area contributed by atoms with Crippen LogP contribution in [0, 0.1) is 17.1 Å². The molecule has 0 fully saturated rings. The minimum Gasteiger partial charge on any atom is -0.444 e. The average molecular weight is 369 g/mol. The molecule has 1 atom stereocenters. The Morgan fingerprint density at radius 2 is 2.20 bits per heavy atom. The highest BCUT2D eigenvalue weighted by Crippen LogP contribution is 2.24. The minimum atomic E-state index is -0.688. The van der Waals surface area contributed by atoms with Gasteiger partial charge in [0.25, 0.3) is 0 Å². The number of nitriles is 1. The van der Waals surface area contributed by atoms with Gasteiger partial charge in [0.15, 0.2) is 11.6 Å². The Morgan fingerprint density at radius 1 is 1.60 bits per heavy atom. The number of nitrogens with zero attached hydrogens (tertiary/aromatic N) is 3. The van der Waals surface area contributed by atoms with Crippen molar-refractivity contribution in [2.24, 2.45) is 0 Å². The zero-order chi connectivity index (χ0) is 19.4. The molecule has 0 aromatic carbocycles. The largest absolute Gasteiger partial charge is 0.444 e. The maximum Gasteiger partial charge on any atom is 0.407 e. The van der Waals surface area contributed by atoms with E-state index in [-0.39, 0.29) is 23.1 Å². The molecule has 0 aliphatic rings.